The predicted octanol–water partition coefficient (Wildman–Crippen LogP) is 2.64. The molecule has 0 heterocycles. The fourth-order valence-electron chi connectivity index (χ4n) is 3.46. The van der Waals surface area contributed by atoms with Crippen molar-refractivity contribution in [1.29, 1.82) is 0 Å². The highest BCUT2D eigenvalue weighted by molar-refractivity contribution is 5.77. The number of nitrogens with one attached hydrogen (secondary N) is 1. The molecule has 1 unspecified atom stereocenters. The summed E-state index contributed by atoms with van der Waals surface area (Å²) >= 11 is 0. The van der Waals surface area contributed by atoms with E-state index < -0.39 is 6.10 Å². The number of carbonyl (C=O) groups is 1. The first kappa shape index (κ1) is 20.4. The molecule has 150 valence electrons. The number of ether oxygens (including phenoxy) is 1. The lowest BCUT2D eigenvalue weighted by molar-refractivity contribution is -0.130. The molecule has 2 N–H and O–H groups in total. The topological polar surface area (TPSA) is 61.8 Å². The number of fused-ring (bicyclic) bond motifs is 1. The number of hydrogen-bond acceptors (Lipinski definition) is 4. The van der Waals surface area contributed by atoms with Crippen molar-refractivity contribution in [3.05, 3.63) is 64.7 Å². The number of nitrogens with zero attached hydrogens (tertiary/aromatic N) is 1. The molecule has 1 aliphatic rings. The number of benzene rings is 2. The van der Waals surface area contributed by atoms with Crippen LogP contribution in [0.25, 0.3) is 0 Å². The van der Waals surface area contributed by atoms with Crippen molar-refractivity contribution < 1.29 is 14.6 Å². The highest BCUT2D eigenvalue weighted by Crippen LogP contribution is 2.26. The van der Waals surface area contributed by atoms with E-state index in [1.54, 1.807) is 14.1 Å². The number of aryl methyl sites for hydroxylation is 2. The van der Waals surface area contributed by atoms with Gasteiger partial charge in [0.2, 0.25) is 0 Å². The Balaban J connectivity index is 1.54. The van der Waals surface area contributed by atoms with E-state index in [-0.39, 0.29) is 12.5 Å². The second-order valence-corrected chi connectivity index (χ2v) is 7.78. The fraction of sp³-hybridized carbons (Fsp3) is 0.435. The van der Waals surface area contributed by atoms with Gasteiger partial charge in [0.05, 0.1) is 6.10 Å². The maximum Gasteiger partial charge on any atom is 0.259 e. The van der Waals surface area contributed by atoms with Crippen LogP contribution in [0.1, 0.15) is 34.8 Å². The van der Waals surface area contributed by atoms with Crippen LogP contribution < -0.4 is 10.1 Å². The quantitative estimate of drug-likeness (QED) is 0.773. The van der Waals surface area contributed by atoms with Crippen LogP contribution in [0.3, 0.4) is 0 Å². The van der Waals surface area contributed by atoms with E-state index in [2.05, 4.69) is 11.4 Å². The Bertz CT molecular complexity index is 802. The van der Waals surface area contributed by atoms with Gasteiger partial charge in [-0.25, -0.2) is 0 Å². The van der Waals surface area contributed by atoms with Crippen LogP contribution in [0, 0.1) is 6.92 Å². The lowest BCUT2D eigenvalue weighted by Crippen LogP contribution is -2.37. The summed E-state index contributed by atoms with van der Waals surface area (Å²) in [5.41, 5.74) is 4.72. The maximum atomic E-state index is 11.7. The lowest BCUT2D eigenvalue weighted by Gasteiger charge is -2.27. The molecule has 0 bridgehead atoms. The molecule has 28 heavy (non-hydrogen) atoms. The highest BCUT2D eigenvalue weighted by atomic mass is 16.5. The molecular weight excluding hydrogens is 352 g/mol. The van der Waals surface area contributed by atoms with Crippen LogP contribution in [-0.2, 0) is 17.6 Å². The Hall–Kier alpha value is -2.37. The lowest BCUT2D eigenvalue weighted by atomic mass is 9.88. The highest BCUT2D eigenvalue weighted by Gasteiger charge is 2.20. The Kier molecular flexibility index (Phi) is 6.70. The molecule has 0 saturated heterocycles. The van der Waals surface area contributed by atoms with E-state index in [1.165, 1.54) is 21.6 Å². The van der Waals surface area contributed by atoms with Gasteiger partial charge >= 0.3 is 0 Å². The zero-order valence-corrected chi connectivity index (χ0v) is 16.9. The zero-order valence-electron chi connectivity index (χ0n) is 16.9. The van der Waals surface area contributed by atoms with Crippen molar-refractivity contribution in [2.24, 2.45) is 0 Å². The van der Waals surface area contributed by atoms with Crippen LogP contribution in [-0.4, -0.2) is 49.2 Å². The van der Waals surface area contributed by atoms with Gasteiger partial charge in [0, 0.05) is 26.7 Å². The minimum Gasteiger partial charge on any atom is -0.484 e. The van der Waals surface area contributed by atoms with Crippen molar-refractivity contribution in [3.63, 3.8) is 0 Å². The molecule has 2 aromatic carbocycles. The molecular formula is C23H30N2O3. The van der Waals surface area contributed by atoms with Gasteiger partial charge in [-0.1, -0.05) is 35.9 Å². The molecule has 0 aromatic heterocycles. The number of hydrogen-bond donors (Lipinski definition) is 2. The normalized spacial score (nSPS) is 16.9. The maximum absolute atomic E-state index is 11.7. The molecule has 5 heteroatoms. The van der Waals surface area contributed by atoms with Gasteiger partial charge in [0.1, 0.15) is 5.75 Å². The number of aliphatic hydroxyl groups excluding tert-OH is 1. The number of carbonyl (C=O) groups excluding carboxylic acids is 1. The summed E-state index contributed by atoms with van der Waals surface area (Å²) in [6.45, 7) is 2.63. The summed E-state index contributed by atoms with van der Waals surface area (Å²) < 4.78 is 5.64. The number of likely N-dealkylation sites (N-methyl/N-ethyl adjacent to an activating group) is 1. The Labute approximate surface area is 167 Å². The van der Waals surface area contributed by atoms with Crippen molar-refractivity contribution >= 4 is 5.91 Å². The third kappa shape index (κ3) is 5.33. The Morgan fingerprint density at radius 2 is 1.96 bits per heavy atom. The summed E-state index contributed by atoms with van der Waals surface area (Å²) in [7, 11) is 3.44. The monoisotopic (exact) mass is 382 g/mol. The first-order valence-electron chi connectivity index (χ1n) is 9.85. The zero-order chi connectivity index (χ0) is 20.1. The first-order valence-corrected chi connectivity index (χ1v) is 9.85. The van der Waals surface area contributed by atoms with Gasteiger partial charge in [-0.3, -0.25) is 4.79 Å². The average Bonchev–Trinajstić information content (AvgIpc) is 2.70. The minimum absolute atomic E-state index is 0.0518. The fourth-order valence-corrected chi connectivity index (χ4v) is 3.46. The van der Waals surface area contributed by atoms with Gasteiger partial charge in [0.25, 0.3) is 5.91 Å². The van der Waals surface area contributed by atoms with Gasteiger partial charge in [-0.05, 0) is 55.0 Å². The van der Waals surface area contributed by atoms with Crippen molar-refractivity contribution in [3.8, 4) is 5.75 Å². The molecule has 5 nitrogen and oxygen atoms in total. The summed E-state index contributed by atoms with van der Waals surface area (Å²) in [6, 6.07) is 14.4. The summed E-state index contributed by atoms with van der Waals surface area (Å²) in [5.74, 6) is 0.677. The van der Waals surface area contributed by atoms with Gasteiger partial charge < -0.3 is 20.1 Å². The number of rotatable bonds is 7. The number of amides is 1. The SMILES string of the molecule is Cc1ccc([C@@H](O)CNC2CCc3ccc(OCC(=O)N(C)C)cc3C2)cc1. The van der Waals surface area contributed by atoms with Crippen molar-refractivity contribution in [2.75, 3.05) is 27.2 Å². The van der Waals surface area contributed by atoms with E-state index in [0.717, 1.165) is 30.6 Å². The van der Waals surface area contributed by atoms with Crippen molar-refractivity contribution in [2.45, 2.75) is 38.3 Å². The Morgan fingerprint density at radius 3 is 2.68 bits per heavy atom. The van der Waals surface area contributed by atoms with E-state index in [1.807, 2.05) is 43.3 Å². The molecule has 0 spiro atoms. The van der Waals surface area contributed by atoms with Gasteiger partial charge in [-0.2, -0.15) is 0 Å². The van der Waals surface area contributed by atoms with Crippen LogP contribution in [0.4, 0.5) is 0 Å². The molecule has 1 amide bonds. The molecule has 0 radical (unpaired) electrons. The second-order valence-electron chi connectivity index (χ2n) is 7.78. The van der Waals surface area contributed by atoms with Crippen molar-refractivity contribution in [1.82, 2.24) is 10.2 Å². The molecule has 3 rings (SSSR count). The average molecular weight is 383 g/mol. The largest absolute Gasteiger partial charge is 0.484 e. The van der Waals surface area contributed by atoms with E-state index in [4.69, 9.17) is 4.74 Å². The summed E-state index contributed by atoms with van der Waals surface area (Å²) in [6.07, 6.45) is 2.44. The third-order valence-electron chi connectivity index (χ3n) is 5.33. The predicted molar refractivity (Wildman–Crippen MR) is 111 cm³/mol. The summed E-state index contributed by atoms with van der Waals surface area (Å²) in [5, 5.41) is 13.9. The van der Waals surface area contributed by atoms with Crippen LogP contribution in [0.15, 0.2) is 42.5 Å². The van der Waals surface area contributed by atoms with E-state index >= 15 is 0 Å². The molecule has 2 aromatic rings. The molecule has 2 atom stereocenters. The second kappa shape index (κ2) is 9.22. The Morgan fingerprint density at radius 1 is 1.21 bits per heavy atom. The first-order chi connectivity index (χ1) is 13.4. The van der Waals surface area contributed by atoms with Gasteiger partial charge in [-0.15, -0.1) is 0 Å². The standard InChI is InChI=1S/C23H30N2O3/c1-16-4-6-18(7-5-16)22(26)14-24-20-10-8-17-9-11-21(13-19(17)12-20)28-15-23(27)25(2)3/h4-7,9,11,13,20,22,24,26H,8,10,12,14-15H2,1-3H3/t20?,22-/m0/s1. The van der Waals surface area contributed by atoms with Crippen LogP contribution >= 0.6 is 0 Å². The number of aliphatic hydroxyl groups is 1. The smallest absolute Gasteiger partial charge is 0.259 e. The van der Waals surface area contributed by atoms with E-state index in [9.17, 15) is 9.90 Å². The van der Waals surface area contributed by atoms with Gasteiger partial charge in [0.15, 0.2) is 6.61 Å². The molecule has 0 fully saturated rings. The summed E-state index contributed by atoms with van der Waals surface area (Å²) in [4.78, 5) is 13.2. The third-order valence-corrected chi connectivity index (χ3v) is 5.33. The molecule has 0 saturated carbocycles. The van der Waals surface area contributed by atoms with E-state index in [0.29, 0.717) is 12.6 Å². The molecule has 1 aliphatic carbocycles. The molecule has 0 aliphatic heterocycles. The van der Waals surface area contributed by atoms with Crippen LogP contribution in [0.2, 0.25) is 0 Å². The minimum atomic E-state index is -0.506. The van der Waals surface area contributed by atoms with Crippen LogP contribution in [0.5, 0.6) is 5.75 Å².